The maximum absolute atomic E-state index is 13.5. The van der Waals surface area contributed by atoms with Crippen molar-refractivity contribution in [2.75, 3.05) is 36.4 Å². The molecule has 0 spiro atoms. The number of rotatable bonds is 5. The number of hydrogen-bond donors (Lipinski definition) is 0. The minimum Gasteiger partial charge on any atom is -0.491 e. The predicted octanol–water partition coefficient (Wildman–Crippen LogP) is 4.72. The largest absolute Gasteiger partial charge is 0.491 e. The lowest BCUT2D eigenvalue weighted by atomic mass is 10.0. The van der Waals surface area contributed by atoms with Gasteiger partial charge in [0.05, 0.1) is 35.9 Å². The topological polar surface area (TPSA) is 61.3 Å². The molecule has 2 aliphatic rings. The highest BCUT2D eigenvalue weighted by atomic mass is 32.1. The second kappa shape index (κ2) is 8.82. The van der Waals surface area contributed by atoms with Crippen molar-refractivity contribution in [3.8, 4) is 11.8 Å². The van der Waals surface area contributed by atoms with Crippen LogP contribution in [0.1, 0.15) is 25.0 Å². The molecular formula is C23H22F3N3O3S. The highest BCUT2D eigenvalue weighted by Gasteiger charge is 2.38. The molecule has 0 amide bonds. The van der Waals surface area contributed by atoms with Gasteiger partial charge in [-0.15, -0.1) is 0 Å². The first-order valence-corrected chi connectivity index (χ1v) is 10.7. The highest BCUT2D eigenvalue weighted by molar-refractivity contribution is 7.80. The minimum absolute atomic E-state index is 0.0233. The average Bonchev–Trinajstić information content (AvgIpc) is 3.60. The van der Waals surface area contributed by atoms with E-state index in [0.29, 0.717) is 25.6 Å². The van der Waals surface area contributed by atoms with Crippen molar-refractivity contribution >= 4 is 28.7 Å². The fourth-order valence-electron chi connectivity index (χ4n) is 3.61. The summed E-state index contributed by atoms with van der Waals surface area (Å²) in [4.78, 5) is 3.35. The Balaban J connectivity index is 1.65. The number of epoxide rings is 1. The molecule has 2 aromatic carbocycles. The Kier molecular flexibility index (Phi) is 6.22. The molecule has 0 bridgehead atoms. The smallest absolute Gasteiger partial charge is 0.417 e. The summed E-state index contributed by atoms with van der Waals surface area (Å²) in [6, 6.07) is 12.4. The van der Waals surface area contributed by atoms with E-state index in [1.807, 2.05) is 43.0 Å². The fourth-order valence-corrected chi connectivity index (χ4v) is 4.12. The number of nitriles is 1. The van der Waals surface area contributed by atoms with E-state index in [1.165, 1.54) is 11.0 Å². The Hall–Kier alpha value is -2.87. The van der Waals surface area contributed by atoms with Gasteiger partial charge in [-0.3, -0.25) is 4.90 Å². The third-order valence-corrected chi connectivity index (χ3v) is 5.78. The summed E-state index contributed by atoms with van der Waals surface area (Å²) in [6.45, 7) is 5.34. The van der Waals surface area contributed by atoms with E-state index in [-0.39, 0.29) is 23.6 Å². The number of benzene rings is 2. The van der Waals surface area contributed by atoms with Crippen LogP contribution in [0.4, 0.5) is 24.5 Å². The van der Waals surface area contributed by atoms with Gasteiger partial charge in [0.25, 0.3) is 0 Å². The van der Waals surface area contributed by atoms with E-state index in [2.05, 4.69) is 0 Å². The number of anilines is 2. The third-order valence-electron chi connectivity index (χ3n) is 5.38. The molecule has 0 aliphatic carbocycles. The van der Waals surface area contributed by atoms with Gasteiger partial charge in [-0.25, -0.2) is 0 Å². The van der Waals surface area contributed by atoms with Gasteiger partial charge >= 0.3 is 6.18 Å². The summed E-state index contributed by atoms with van der Waals surface area (Å²) in [5.41, 5.74) is -1.09. The Labute approximate surface area is 195 Å². The number of ether oxygens (including phenoxy) is 3. The second-order valence-electron chi connectivity index (χ2n) is 8.44. The van der Waals surface area contributed by atoms with Crippen molar-refractivity contribution in [3.05, 3.63) is 53.6 Å². The lowest BCUT2D eigenvalue weighted by molar-refractivity contribution is -0.137. The predicted molar refractivity (Wildman–Crippen MR) is 120 cm³/mol. The highest BCUT2D eigenvalue weighted by Crippen LogP contribution is 2.36. The van der Waals surface area contributed by atoms with E-state index in [9.17, 15) is 13.2 Å². The third kappa shape index (κ3) is 5.05. The van der Waals surface area contributed by atoms with Crippen LogP contribution in [-0.4, -0.2) is 43.3 Å². The van der Waals surface area contributed by atoms with E-state index in [4.69, 9.17) is 31.7 Å². The minimum atomic E-state index is -4.67. The van der Waals surface area contributed by atoms with Gasteiger partial charge in [-0.1, -0.05) is 0 Å². The summed E-state index contributed by atoms with van der Waals surface area (Å²) in [7, 11) is 0. The lowest BCUT2D eigenvalue weighted by Gasteiger charge is -2.39. The zero-order valence-electron chi connectivity index (χ0n) is 18.1. The molecule has 2 aliphatic heterocycles. The number of thiocarbonyl (C=S) groups is 1. The Bertz CT molecular complexity index is 1080. The van der Waals surface area contributed by atoms with Crippen LogP contribution in [0.5, 0.6) is 5.75 Å². The summed E-state index contributed by atoms with van der Waals surface area (Å²) in [5.74, 6) is 0.683. The van der Waals surface area contributed by atoms with Crippen LogP contribution < -0.4 is 14.5 Å². The first-order chi connectivity index (χ1) is 15.6. The summed E-state index contributed by atoms with van der Waals surface area (Å²) in [6.07, 6.45) is -4.53. The van der Waals surface area contributed by atoms with Gasteiger partial charge in [0.2, 0.25) is 0 Å². The number of halogens is 3. The van der Waals surface area contributed by atoms with E-state index in [1.54, 1.807) is 6.07 Å². The van der Waals surface area contributed by atoms with E-state index < -0.39 is 22.8 Å². The molecule has 6 nitrogen and oxygen atoms in total. The lowest BCUT2D eigenvalue weighted by Crippen LogP contribution is -2.52. The first-order valence-electron chi connectivity index (χ1n) is 10.3. The molecule has 1 unspecified atom stereocenters. The normalized spacial score (nSPS) is 20.2. The Morgan fingerprint density at radius 2 is 1.85 bits per heavy atom. The summed E-state index contributed by atoms with van der Waals surface area (Å²) >= 11 is 5.75. The van der Waals surface area contributed by atoms with Crippen molar-refractivity contribution in [2.45, 2.75) is 31.7 Å². The SMILES string of the molecule is CC1(C)COCN(c2ccc(C#N)c(C(F)(F)F)c2)C(=S)N1c1ccc(OCC2CO2)cc1. The number of nitrogens with zero attached hydrogens (tertiary/aromatic N) is 3. The molecule has 0 radical (unpaired) electrons. The fraction of sp³-hybridized carbons (Fsp3) is 0.391. The van der Waals surface area contributed by atoms with Gasteiger partial charge in [0, 0.05) is 11.4 Å². The van der Waals surface area contributed by atoms with Crippen LogP contribution in [-0.2, 0) is 15.7 Å². The number of alkyl halides is 3. The molecule has 2 aromatic rings. The van der Waals surface area contributed by atoms with Crippen LogP contribution in [0.3, 0.4) is 0 Å². The van der Waals surface area contributed by atoms with Crippen LogP contribution in [0.25, 0.3) is 0 Å². The van der Waals surface area contributed by atoms with Crippen molar-refractivity contribution in [1.29, 1.82) is 5.26 Å². The average molecular weight is 478 g/mol. The number of hydrogen-bond acceptors (Lipinski definition) is 5. The van der Waals surface area contributed by atoms with Gasteiger partial charge in [-0.05, 0) is 68.5 Å². The molecule has 1 atom stereocenters. The molecule has 0 saturated carbocycles. The molecule has 2 fully saturated rings. The molecule has 10 heteroatoms. The van der Waals surface area contributed by atoms with Crippen molar-refractivity contribution in [1.82, 2.24) is 0 Å². The maximum Gasteiger partial charge on any atom is 0.417 e. The van der Waals surface area contributed by atoms with Gasteiger partial charge in [-0.2, -0.15) is 18.4 Å². The zero-order chi connectivity index (χ0) is 23.8. The Morgan fingerprint density at radius 3 is 2.45 bits per heavy atom. The first kappa shape index (κ1) is 23.3. The van der Waals surface area contributed by atoms with Gasteiger partial charge in [0.1, 0.15) is 25.2 Å². The van der Waals surface area contributed by atoms with Crippen LogP contribution >= 0.6 is 12.2 Å². The molecule has 2 heterocycles. The van der Waals surface area contributed by atoms with E-state index in [0.717, 1.165) is 17.8 Å². The van der Waals surface area contributed by atoms with Crippen molar-refractivity contribution in [3.63, 3.8) is 0 Å². The van der Waals surface area contributed by atoms with Crippen LogP contribution in [0.2, 0.25) is 0 Å². The van der Waals surface area contributed by atoms with E-state index >= 15 is 0 Å². The maximum atomic E-state index is 13.5. The quantitative estimate of drug-likeness (QED) is 0.456. The molecule has 2 saturated heterocycles. The van der Waals surface area contributed by atoms with Gasteiger partial charge in [0.15, 0.2) is 5.11 Å². The molecule has 0 aromatic heterocycles. The summed E-state index contributed by atoms with van der Waals surface area (Å²) in [5, 5.41) is 9.38. The molecule has 0 N–H and O–H groups in total. The Morgan fingerprint density at radius 1 is 1.18 bits per heavy atom. The van der Waals surface area contributed by atoms with Crippen molar-refractivity contribution in [2.24, 2.45) is 0 Å². The molecular weight excluding hydrogens is 455 g/mol. The van der Waals surface area contributed by atoms with Crippen molar-refractivity contribution < 1.29 is 27.4 Å². The van der Waals surface area contributed by atoms with Crippen LogP contribution in [0, 0.1) is 11.3 Å². The van der Waals surface area contributed by atoms with Crippen LogP contribution in [0.15, 0.2) is 42.5 Å². The monoisotopic (exact) mass is 477 g/mol. The molecule has 174 valence electrons. The molecule has 33 heavy (non-hydrogen) atoms. The second-order valence-corrected chi connectivity index (χ2v) is 8.80. The summed E-state index contributed by atoms with van der Waals surface area (Å²) < 4.78 is 57.2. The van der Waals surface area contributed by atoms with Gasteiger partial charge < -0.3 is 19.1 Å². The molecule has 4 rings (SSSR count). The standard InChI is InChI=1S/C23H22F3N3O3S/c1-22(2)13-30-14-28(17-4-3-15(10-27)20(9-17)23(24,25)26)21(33)29(22)16-5-7-18(8-6-16)31-11-19-12-32-19/h3-9,19H,11-14H2,1-2H3. The zero-order valence-corrected chi connectivity index (χ0v) is 18.9.